The Morgan fingerprint density at radius 3 is 3.11 bits per heavy atom. The van der Waals surface area contributed by atoms with E-state index >= 15 is 0 Å². The molecule has 0 aromatic carbocycles. The maximum absolute atomic E-state index is 12.0. The van der Waals surface area contributed by atoms with Crippen molar-refractivity contribution < 1.29 is 9.90 Å². The van der Waals surface area contributed by atoms with Gasteiger partial charge in [0, 0.05) is 23.9 Å². The van der Waals surface area contributed by atoms with Gasteiger partial charge in [-0.3, -0.25) is 4.79 Å². The first-order valence-electron chi connectivity index (χ1n) is 6.66. The molecule has 0 radical (unpaired) electrons. The molecule has 1 fully saturated rings. The van der Waals surface area contributed by atoms with Crippen molar-refractivity contribution in [3.05, 3.63) is 16.1 Å². The van der Waals surface area contributed by atoms with Crippen LogP contribution in [0.4, 0.5) is 0 Å². The van der Waals surface area contributed by atoms with Gasteiger partial charge in [-0.25, -0.2) is 4.98 Å². The molecule has 1 heterocycles. The first kappa shape index (κ1) is 14.4. The minimum absolute atomic E-state index is 0.185. The Labute approximate surface area is 117 Å². The number of aliphatic hydroxyl groups excluding tert-OH is 1. The summed E-state index contributed by atoms with van der Waals surface area (Å²) in [6, 6.07) is 0. The van der Waals surface area contributed by atoms with E-state index in [1.54, 1.807) is 5.38 Å². The molecule has 0 bridgehead atoms. The Kier molecular flexibility index (Phi) is 4.54. The van der Waals surface area contributed by atoms with E-state index in [9.17, 15) is 9.90 Å². The van der Waals surface area contributed by atoms with Crippen molar-refractivity contribution in [2.75, 3.05) is 6.54 Å². The van der Waals surface area contributed by atoms with Crippen molar-refractivity contribution in [2.45, 2.75) is 45.3 Å². The van der Waals surface area contributed by atoms with E-state index in [0.29, 0.717) is 18.8 Å². The van der Waals surface area contributed by atoms with Crippen LogP contribution in [-0.4, -0.2) is 28.6 Å². The Hall–Kier alpha value is -0.980. The number of nitrogens with zero attached hydrogens (tertiary/aromatic N) is 1. The molecule has 0 aliphatic heterocycles. The predicted molar refractivity (Wildman–Crippen MR) is 74.9 cm³/mol. The van der Waals surface area contributed by atoms with Gasteiger partial charge in [-0.05, 0) is 12.8 Å². The molecule has 1 aliphatic carbocycles. The lowest BCUT2D eigenvalue weighted by atomic mass is 9.73. The van der Waals surface area contributed by atoms with Crippen molar-refractivity contribution in [2.24, 2.45) is 11.1 Å². The van der Waals surface area contributed by atoms with Crippen molar-refractivity contribution in [3.63, 3.8) is 0 Å². The fourth-order valence-corrected chi connectivity index (χ4v) is 3.12. The molecule has 0 saturated heterocycles. The summed E-state index contributed by atoms with van der Waals surface area (Å²) in [6.07, 6.45) is 3.60. The molecule has 2 unspecified atom stereocenters. The lowest BCUT2D eigenvalue weighted by Crippen LogP contribution is -2.45. The fourth-order valence-electron chi connectivity index (χ4n) is 2.47. The van der Waals surface area contributed by atoms with Gasteiger partial charge in [-0.2, -0.15) is 0 Å². The summed E-state index contributed by atoms with van der Waals surface area (Å²) in [6.45, 7) is 2.88. The molecule has 19 heavy (non-hydrogen) atoms. The van der Waals surface area contributed by atoms with Crippen LogP contribution >= 0.6 is 11.3 Å². The summed E-state index contributed by atoms with van der Waals surface area (Å²) in [5.41, 5.74) is 5.67. The molecule has 6 heteroatoms. The number of rotatable bonds is 4. The molecule has 2 atom stereocenters. The summed E-state index contributed by atoms with van der Waals surface area (Å²) < 4.78 is 0. The maximum Gasteiger partial charge on any atom is 0.270 e. The predicted octanol–water partition coefficient (Wildman–Crippen LogP) is 1.27. The molecule has 106 valence electrons. The Morgan fingerprint density at radius 2 is 2.47 bits per heavy atom. The quantitative estimate of drug-likeness (QED) is 0.776. The lowest BCUT2D eigenvalue weighted by molar-refractivity contribution is 0.00187. The van der Waals surface area contributed by atoms with Gasteiger partial charge in [0.2, 0.25) is 0 Å². The SMILES string of the molecule is CC1(CNC(=O)c2csc(CN)n2)CCCCC1O. The van der Waals surface area contributed by atoms with Crippen LogP contribution in [0.2, 0.25) is 0 Å². The summed E-state index contributed by atoms with van der Waals surface area (Å²) in [5.74, 6) is -0.185. The van der Waals surface area contributed by atoms with Crippen LogP contribution in [0.15, 0.2) is 5.38 Å². The van der Waals surface area contributed by atoms with E-state index < -0.39 is 0 Å². The standard InChI is InChI=1S/C13H21N3O2S/c1-13(5-3-2-4-10(13)17)8-15-12(18)9-7-19-11(6-14)16-9/h7,10,17H,2-6,8,14H2,1H3,(H,15,18). The highest BCUT2D eigenvalue weighted by molar-refractivity contribution is 7.09. The third kappa shape index (κ3) is 3.32. The average Bonchev–Trinajstić information content (AvgIpc) is 2.89. The van der Waals surface area contributed by atoms with Crippen LogP contribution in [0, 0.1) is 5.41 Å². The van der Waals surface area contributed by atoms with Gasteiger partial charge in [0.25, 0.3) is 5.91 Å². The zero-order valence-electron chi connectivity index (χ0n) is 11.2. The third-order valence-electron chi connectivity index (χ3n) is 3.89. The highest BCUT2D eigenvalue weighted by atomic mass is 32.1. The molecule has 1 aromatic heterocycles. The van der Waals surface area contributed by atoms with Crippen LogP contribution in [0.25, 0.3) is 0 Å². The topological polar surface area (TPSA) is 88.2 Å². The number of nitrogens with two attached hydrogens (primary N) is 1. The second kappa shape index (κ2) is 5.98. The number of carbonyl (C=O) groups is 1. The number of carbonyl (C=O) groups excluding carboxylic acids is 1. The number of nitrogens with one attached hydrogen (secondary N) is 1. The minimum atomic E-state index is -0.336. The Bertz CT molecular complexity index is 449. The third-order valence-corrected chi connectivity index (χ3v) is 4.76. The maximum atomic E-state index is 12.0. The van der Waals surface area contributed by atoms with Gasteiger partial charge in [0.15, 0.2) is 0 Å². The molecule has 1 saturated carbocycles. The number of hydrogen-bond donors (Lipinski definition) is 3. The normalized spacial score (nSPS) is 27.2. The zero-order valence-corrected chi connectivity index (χ0v) is 12.0. The van der Waals surface area contributed by atoms with E-state index in [2.05, 4.69) is 10.3 Å². The number of aromatic nitrogens is 1. The van der Waals surface area contributed by atoms with E-state index in [-0.39, 0.29) is 17.4 Å². The molecule has 1 aliphatic rings. The van der Waals surface area contributed by atoms with E-state index in [1.165, 1.54) is 11.3 Å². The van der Waals surface area contributed by atoms with E-state index in [0.717, 1.165) is 30.7 Å². The average molecular weight is 283 g/mol. The molecule has 2 rings (SSSR count). The van der Waals surface area contributed by atoms with Crippen molar-refractivity contribution in [1.82, 2.24) is 10.3 Å². The summed E-state index contributed by atoms with van der Waals surface area (Å²) in [4.78, 5) is 16.1. The summed E-state index contributed by atoms with van der Waals surface area (Å²) in [5, 5.41) is 15.4. The number of hydrogen-bond acceptors (Lipinski definition) is 5. The molecule has 1 amide bonds. The first-order valence-corrected chi connectivity index (χ1v) is 7.54. The number of aliphatic hydroxyl groups is 1. The summed E-state index contributed by atoms with van der Waals surface area (Å²) >= 11 is 1.39. The highest BCUT2D eigenvalue weighted by Gasteiger charge is 2.35. The van der Waals surface area contributed by atoms with E-state index in [4.69, 9.17) is 5.73 Å². The van der Waals surface area contributed by atoms with Crippen molar-refractivity contribution in [3.8, 4) is 0 Å². The molecule has 1 aromatic rings. The van der Waals surface area contributed by atoms with Gasteiger partial charge in [-0.15, -0.1) is 11.3 Å². The smallest absolute Gasteiger partial charge is 0.270 e. The Balaban J connectivity index is 1.92. The summed E-state index contributed by atoms with van der Waals surface area (Å²) in [7, 11) is 0. The van der Waals surface area contributed by atoms with Gasteiger partial charge >= 0.3 is 0 Å². The lowest BCUT2D eigenvalue weighted by Gasteiger charge is -2.38. The first-order chi connectivity index (χ1) is 9.05. The van der Waals surface area contributed by atoms with Crippen molar-refractivity contribution >= 4 is 17.2 Å². The van der Waals surface area contributed by atoms with Gasteiger partial charge < -0.3 is 16.2 Å². The van der Waals surface area contributed by atoms with Gasteiger partial charge in [0.1, 0.15) is 10.7 Å². The monoisotopic (exact) mass is 283 g/mol. The van der Waals surface area contributed by atoms with Crippen LogP contribution in [0.1, 0.15) is 48.1 Å². The Morgan fingerprint density at radius 1 is 1.68 bits per heavy atom. The largest absolute Gasteiger partial charge is 0.392 e. The van der Waals surface area contributed by atoms with Crippen molar-refractivity contribution in [1.29, 1.82) is 0 Å². The second-order valence-corrected chi connectivity index (χ2v) is 6.37. The molecular formula is C13H21N3O2S. The number of thiazole rings is 1. The van der Waals surface area contributed by atoms with Gasteiger partial charge in [-0.1, -0.05) is 19.8 Å². The number of amides is 1. The highest BCUT2D eigenvalue weighted by Crippen LogP contribution is 2.35. The van der Waals surface area contributed by atoms with Crippen LogP contribution < -0.4 is 11.1 Å². The van der Waals surface area contributed by atoms with Gasteiger partial charge in [0.05, 0.1) is 6.10 Å². The van der Waals surface area contributed by atoms with Crippen LogP contribution in [-0.2, 0) is 6.54 Å². The molecule has 0 spiro atoms. The zero-order chi connectivity index (χ0) is 13.9. The second-order valence-electron chi connectivity index (χ2n) is 5.43. The minimum Gasteiger partial charge on any atom is -0.392 e. The van der Waals surface area contributed by atoms with Crippen LogP contribution in [0.5, 0.6) is 0 Å². The van der Waals surface area contributed by atoms with E-state index in [1.807, 2.05) is 6.92 Å². The molecule has 4 N–H and O–H groups in total. The molecular weight excluding hydrogens is 262 g/mol. The fraction of sp³-hybridized carbons (Fsp3) is 0.692. The molecule has 5 nitrogen and oxygen atoms in total. The van der Waals surface area contributed by atoms with Crippen LogP contribution in [0.3, 0.4) is 0 Å².